The number of carboxylic acids is 3. The van der Waals surface area contributed by atoms with Crippen LogP contribution in [0, 0.1) is 0 Å². The minimum Gasteiger partial charge on any atom is -0.478 e. The molecule has 164 valence electrons. The van der Waals surface area contributed by atoms with Gasteiger partial charge in [0.25, 0.3) is 5.91 Å². The normalized spacial score (nSPS) is 10.7. The standard InChI is InChI=1S/C23H15N3O7/c27-20(11-1-3-12(4-2-11)21(28)29)24-14-6-8-17-18(10-14)26-19(25-17)13-5-7-15(22(30)31)16(9-13)23(32)33/h1-10H,(H,24,27)(H,25,26)(H,28,29)(H,30,31)(H,32,33). The van der Waals surface area contributed by atoms with Crippen molar-refractivity contribution < 1.29 is 34.5 Å². The van der Waals surface area contributed by atoms with Gasteiger partial charge in [0.1, 0.15) is 5.82 Å². The van der Waals surface area contributed by atoms with Gasteiger partial charge in [-0.05, 0) is 54.6 Å². The molecule has 0 fully saturated rings. The summed E-state index contributed by atoms with van der Waals surface area (Å²) < 4.78 is 0. The molecule has 0 unspecified atom stereocenters. The second-order valence-electron chi connectivity index (χ2n) is 7.02. The lowest BCUT2D eigenvalue weighted by molar-refractivity contribution is 0.0651. The van der Waals surface area contributed by atoms with Gasteiger partial charge in [-0.1, -0.05) is 6.07 Å². The van der Waals surface area contributed by atoms with Crippen molar-refractivity contribution >= 4 is 40.5 Å². The number of fused-ring (bicyclic) bond motifs is 1. The zero-order valence-corrected chi connectivity index (χ0v) is 16.7. The van der Waals surface area contributed by atoms with Crippen LogP contribution in [0.2, 0.25) is 0 Å². The number of hydrogen-bond acceptors (Lipinski definition) is 5. The number of hydrogen-bond donors (Lipinski definition) is 5. The Labute approximate surface area is 185 Å². The van der Waals surface area contributed by atoms with Crippen molar-refractivity contribution in [3.8, 4) is 11.4 Å². The number of carboxylic acid groups (broad SMARTS) is 3. The molecule has 0 bridgehead atoms. The molecule has 0 radical (unpaired) electrons. The molecule has 4 rings (SSSR count). The number of imidazole rings is 1. The lowest BCUT2D eigenvalue weighted by Gasteiger charge is -2.05. The van der Waals surface area contributed by atoms with E-state index in [0.29, 0.717) is 28.1 Å². The van der Waals surface area contributed by atoms with Crippen LogP contribution >= 0.6 is 0 Å². The van der Waals surface area contributed by atoms with Gasteiger partial charge in [-0.15, -0.1) is 0 Å². The van der Waals surface area contributed by atoms with Crippen molar-refractivity contribution in [1.82, 2.24) is 9.97 Å². The molecule has 1 aromatic heterocycles. The number of aromatic amines is 1. The van der Waals surface area contributed by atoms with Crippen molar-refractivity contribution in [3.63, 3.8) is 0 Å². The Morgan fingerprint density at radius 2 is 1.39 bits per heavy atom. The third-order valence-corrected chi connectivity index (χ3v) is 4.89. The molecule has 10 heteroatoms. The number of H-pyrrole nitrogens is 1. The van der Waals surface area contributed by atoms with E-state index in [2.05, 4.69) is 15.3 Å². The summed E-state index contributed by atoms with van der Waals surface area (Å²) in [6, 6.07) is 14.3. The van der Waals surface area contributed by atoms with E-state index in [-0.39, 0.29) is 22.3 Å². The van der Waals surface area contributed by atoms with E-state index in [1.165, 1.54) is 42.5 Å². The largest absolute Gasteiger partial charge is 0.478 e. The number of carbonyl (C=O) groups is 4. The quantitative estimate of drug-likeness (QED) is 0.300. The Morgan fingerprint density at radius 1 is 0.727 bits per heavy atom. The molecule has 33 heavy (non-hydrogen) atoms. The van der Waals surface area contributed by atoms with Gasteiger partial charge in [0.2, 0.25) is 0 Å². The molecule has 0 saturated carbocycles. The number of benzene rings is 3. The van der Waals surface area contributed by atoms with Crippen molar-refractivity contribution in [3.05, 3.63) is 82.9 Å². The Kier molecular flexibility index (Phi) is 5.32. The molecule has 0 saturated heterocycles. The summed E-state index contributed by atoms with van der Waals surface area (Å²) in [7, 11) is 0. The van der Waals surface area contributed by atoms with Crippen molar-refractivity contribution in [2.45, 2.75) is 0 Å². The van der Waals surface area contributed by atoms with Crippen LogP contribution in [-0.4, -0.2) is 49.1 Å². The molecule has 0 atom stereocenters. The van der Waals surface area contributed by atoms with Crippen molar-refractivity contribution in [2.24, 2.45) is 0 Å². The van der Waals surface area contributed by atoms with E-state index in [1.54, 1.807) is 18.2 Å². The van der Waals surface area contributed by atoms with Crippen molar-refractivity contribution in [1.29, 1.82) is 0 Å². The molecular formula is C23H15N3O7. The van der Waals surface area contributed by atoms with E-state index in [0.717, 1.165) is 0 Å². The van der Waals surface area contributed by atoms with E-state index < -0.39 is 23.8 Å². The second kappa shape index (κ2) is 8.27. The highest BCUT2D eigenvalue weighted by atomic mass is 16.4. The maximum atomic E-state index is 12.5. The molecule has 10 nitrogen and oxygen atoms in total. The summed E-state index contributed by atoms with van der Waals surface area (Å²) in [5, 5.41) is 30.1. The average molecular weight is 445 g/mol. The van der Waals surface area contributed by atoms with Crippen LogP contribution in [0.15, 0.2) is 60.7 Å². The maximum absolute atomic E-state index is 12.5. The zero-order chi connectivity index (χ0) is 23.7. The number of nitrogens with zero attached hydrogens (tertiary/aromatic N) is 1. The van der Waals surface area contributed by atoms with Gasteiger partial charge in [-0.2, -0.15) is 0 Å². The third-order valence-electron chi connectivity index (χ3n) is 4.89. The van der Waals surface area contributed by atoms with Gasteiger partial charge < -0.3 is 25.6 Å². The third kappa shape index (κ3) is 4.26. The molecule has 1 heterocycles. The highest BCUT2D eigenvalue weighted by Crippen LogP contribution is 2.25. The summed E-state index contributed by atoms with van der Waals surface area (Å²) >= 11 is 0. The number of carbonyl (C=O) groups excluding carboxylic acids is 1. The molecule has 0 aliphatic carbocycles. The topological polar surface area (TPSA) is 170 Å². The van der Waals surface area contributed by atoms with Gasteiger partial charge in [-0.3, -0.25) is 4.79 Å². The minimum atomic E-state index is -1.37. The number of rotatable bonds is 6. The fraction of sp³-hybridized carbons (Fsp3) is 0. The highest BCUT2D eigenvalue weighted by Gasteiger charge is 2.18. The van der Waals surface area contributed by atoms with Crippen LogP contribution in [0.25, 0.3) is 22.4 Å². The summed E-state index contributed by atoms with van der Waals surface area (Å²) in [6.07, 6.45) is 0. The number of aromatic carboxylic acids is 3. The van der Waals surface area contributed by atoms with Crippen LogP contribution in [0.5, 0.6) is 0 Å². The first-order chi connectivity index (χ1) is 15.7. The first-order valence-electron chi connectivity index (χ1n) is 9.48. The number of amides is 1. The van der Waals surface area contributed by atoms with Crippen LogP contribution in [0.1, 0.15) is 41.4 Å². The van der Waals surface area contributed by atoms with E-state index in [4.69, 9.17) is 10.2 Å². The van der Waals surface area contributed by atoms with Gasteiger partial charge in [0.15, 0.2) is 0 Å². The minimum absolute atomic E-state index is 0.0698. The lowest BCUT2D eigenvalue weighted by atomic mass is 10.0. The van der Waals surface area contributed by atoms with Crippen LogP contribution in [0.3, 0.4) is 0 Å². The van der Waals surface area contributed by atoms with Gasteiger partial charge in [0.05, 0.1) is 27.7 Å². The van der Waals surface area contributed by atoms with E-state index in [9.17, 15) is 24.3 Å². The molecule has 0 aliphatic rings. The highest BCUT2D eigenvalue weighted by molar-refractivity contribution is 6.05. The Hall–Kier alpha value is -4.99. The summed E-state index contributed by atoms with van der Waals surface area (Å²) in [5.41, 5.74) is 1.61. The fourth-order valence-corrected chi connectivity index (χ4v) is 3.25. The predicted octanol–water partition coefficient (Wildman–Crippen LogP) is 3.58. The molecule has 1 amide bonds. The summed E-state index contributed by atoms with van der Waals surface area (Å²) in [6.45, 7) is 0. The van der Waals surface area contributed by atoms with Gasteiger partial charge in [-0.25, -0.2) is 19.4 Å². The monoisotopic (exact) mass is 445 g/mol. The average Bonchev–Trinajstić information content (AvgIpc) is 3.22. The summed E-state index contributed by atoms with van der Waals surface area (Å²) in [5.74, 6) is -3.90. The second-order valence-corrected chi connectivity index (χ2v) is 7.02. The van der Waals surface area contributed by atoms with Crippen LogP contribution < -0.4 is 5.32 Å². The number of anilines is 1. The van der Waals surface area contributed by atoms with Gasteiger partial charge >= 0.3 is 17.9 Å². The van der Waals surface area contributed by atoms with E-state index >= 15 is 0 Å². The predicted molar refractivity (Wildman–Crippen MR) is 117 cm³/mol. The van der Waals surface area contributed by atoms with Gasteiger partial charge in [0, 0.05) is 16.8 Å². The summed E-state index contributed by atoms with van der Waals surface area (Å²) in [4.78, 5) is 53.5. The Bertz CT molecular complexity index is 1440. The number of aromatic nitrogens is 2. The first-order valence-corrected chi connectivity index (χ1v) is 9.48. The Morgan fingerprint density at radius 3 is 2.03 bits per heavy atom. The SMILES string of the molecule is O=C(O)c1ccc(C(=O)Nc2ccc3nc(-c4ccc(C(=O)O)c(C(=O)O)c4)[nH]c3c2)cc1. The van der Waals surface area contributed by atoms with Crippen LogP contribution in [0.4, 0.5) is 5.69 Å². The molecular weight excluding hydrogens is 430 g/mol. The number of nitrogens with one attached hydrogen (secondary N) is 2. The molecule has 4 aromatic rings. The molecule has 3 aromatic carbocycles. The Balaban J connectivity index is 1.61. The fourth-order valence-electron chi connectivity index (χ4n) is 3.25. The molecule has 5 N–H and O–H groups in total. The maximum Gasteiger partial charge on any atom is 0.336 e. The smallest absolute Gasteiger partial charge is 0.336 e. The van der Waals surface area contributed by atoms with Crippen molar-refractivity contribution in [2.75, 3.05) is 5.32 Å². The molecule has 0 spiro atoms. The first kappa shape index (κ1) is 21.2. The lowest BCUT2D eigenvalue weighted by Crippen LogP contribution is -2.12. The zero-order valence-electron chi connectivity index (χ0n) is 16.7. The van der Waals surface area contributed by atoms with Crippen LogP contribution in [-0.2, 0) is 0 Å². The molecule has 0 aliphatic heterocycles. The van der Waals surface area contributed by atoms with E-state index in [1.807, 2.05) is 0 Å².